The third kappa shape index (κ3) is 6.71. The summed E-state index contributed by atoms with van der Waals surface area (Å²) in [5.41, 5.74) is 2.23. The monoisotopic (exact) mass is 561 g/mol. The number of carbonyl (C=O) groups is 2. The van der Waals surface area contributed by atoms with Crippen LogP contribution in [0.3, 0.4) is 0 Å². The van der Waals surface area contributed by atoms with Gasteiger partial charge in [0.2, 0.25) is 5.91 Å². The van der Waals surface area contributed by atoms with Crippen molar-refractivity contribution in [2.75, 3.05) is 11.1 Å². The van der Waals surface area contributed by atoms with Crippen LogP contribution in [-0.2, 0) is 17.9 Å². The molecule has 3 rings (SSSR count). The van der Waals surface area contributed by atoms with Crippen molar-refractivity contribution in [3.8, 4) is 0 Å². The summed E-state index contributed by atoms with van der Waals surface area (Å²) in [7, 11) is 0. The number of nitrogens with zero attached hydrogens (tertiary/aromatic N) is 3. The van der Waals surface area contributed by atoms with Crippen molar-refractivity contribution in [2.24, 2.45) is 0 Å². The lowest BCUT2D eigenvalue weighted by Gasteiger charge is -2.14. The Morgan fingerprint density at radius 2 is 2.00 bits per heavy atom. The topological polar surface area (TPSA) is 88.9 Å². The highest BCUT2D eigenvalue weighted by molar-refractivity contribution is 9.10. The molecular weight excluding hydrogens is 538 g/mol. The first-order valence-electron chi connectivity index (χ1n) is 10.6. The normalized spacial score (nSPS) is 10.9. The van der Waals surface area contributed by atoms with Crippen LogP contribution in [0.4, 0.5) is 5.69 Å². The molecule has 0 bridgehead atoms. The first kappa shape index (κ1) is 26.0. The predicted molar refractivity (Wildman–Crippen MR) is 140 cm³/mol. The lowest BCUT2D eigenvalue weighted by atomic mass is 10.0. The number of nitrogens with one attached hydrogen (secondary N) is 2. The zero-order valence-corrected chi connectivity index (χ0v) is 22.0. The van der Waals surface area contributed by atoms with Crippen molar-refractivity contribution in [1.29, 1.82) is 0 Å². The van der Waals surface area contributed by atoms with E-state index in [4.69, 9.17) is 11.6 Å². The van der Waals surface area contributed by atoms with Gasteiger partial charge in [-0.25, -0.2) is 0 Å². The van der Waals surface area contributed by atoms with Gasteiger partial charge in [-0.2, -0.15) is 0 Å². The number of allylic oxidation sites excluding steroid dienone is 1. The van der Waals surface area contributed by atoms with Gasteiger partial charge in [-0.3, -0.25) is 9.59 Å². The molecule has 0 radical (unpaired) electrons. The molecule has 10 heteroatoms. The number of rotatable bonds is 10. The molecule has 0 aliphatic heterocycles. The van der Waals surface area contributed by atoms with Crippen LogP contribution in [0.25, 0.3) is 0 Å². The number of hydrogen-bond donors (Lipinski definition) is 2. The molecule has 0 aliphatic rings. The summed E-state index contributed by atoms with van der Waals surface area (Å²) in [6.45, 7) is 8.55. The number of carbonyl (C=O) groups excluding carboxylic acids is 2. The van der Waals surface area contributed by atoms with Gasteiger partial charge in [0.15, 0.2) is 11.0 Å². The fourth-order valence-corrected chi connectivity index (χ4v) is 4.58. The summed E-state index contributed by atoms with van der Waals surface area (Å²) in [5.74, 6) is 0.533. The van der Waals surface area contributed by atoms with Gasteiger partial charge in [0.05, 0.1) is 22.9 Å². The van der Waals surface area contributed by atoms with E-state index in [0.29, 0.717) is 28.1 Å². The summed E-state index contributed by atoms with van der Waals surface area (Å²) < 4.78 is 2.78. The molecule has 178 valence electrons. The number of halogens is 2. The van der Waals surface area contributed by atoms with E-state index >= 15 is 0 Å². The average molecular weight is 563 g/mol. The minimum Gasteiger partial charge on any atom is -0.345 e. The largest absolute Gasteiger partial charge is 0.345 e. The number of benzene rings is 2. The zero-order valence-electron chi connectivity index (χ0n) is 18.8. The Morgan fingerprint density at radius 1 is 1.24 bits per heavy atom. The fraction of sp³-hybridized carbons (Fsp3) is 0.250. The van der Waals surface area contributed by atoms with Crippen LogP contribution >= 0.6 is 39.3 Å². The number of aromatic nitrogens is 3. The fourth-order valence-electron chi connectivity index (χ4n) is 3.21. The van der Waals surface area contributed by atoms with Crippen LogP contribution in [0.2, 0.25) is 5.02 Å². The zero-order chi connectivity index (χ0) is 24.7. The summed E-state index contributed by atoms with van der Waals surface area (Å²) in [4.78, 5) is 25.1. The third-order valence-corrected chi connectivity index (χ3v) is 6.66. The Kier molecular flexibility index (Phi) is 9.32. The van der Waals surface area contributed by atoms with Gasteiger partial charge < -0.3 is 15.2 Å². The van der Waals surface area contributed by atoms with E-state index in [0.717, 1.165) is 15.7 Å². The molecule has 0 spiro atoms. The van der Waals surface area contributed by atoms with E-state index in [-0.39, 0.29) is 30.0 Å². The summed E-state index contributed by atoms with van der Waals surface area (Å²) in [5, 5.41) is 15.1. The number of hydrogen-bond acceptors (Lipinski definition) is 5. The lowest BCUT2D eigenvalue weighted by molar-refractivity contribution is -0.113. The van der Waals surface area contributed by atoms with Gasteiger partial charge in [0, 0.05) is 16.7 Å². The van der Waals surface area contributed by atoms with E-state index in [1.165, 1.54) is 11.8 Å². The second kappa shape index (κ2) is 12.2. The first-order valence-corrected chi connectivity index (χ1v) is 12.7. The highest BCUT2D eigenvalue weighted by atomic mass is 79.9. The Bertz CT molecular complexity index is 1200. The molecule has 0 atom stereocenters. The van der Waals surface area contributed by atoms with Crippen molar-refractivity contribution in [3.63, 3.8) is 0 Å². The number of thioether (sulfide) groups is 1. The quantitative estimate of drug-likeness (QED) is 0.246. The second-order valence-electron chi connectivity index (χ2n) is 7.68. The molecule has 1 aromatic heterocycles. The second-order valence-corrected chi connectivity index (χ2v) is 9.95. The Hall–Kier alpha value is -2.62. The summed E-state index contributed by atoms with van der Waals surface area (Å²) in [6, 6.07) is 12.6. The highest BCUT2D eigenvalue weighted by Crippen LogP contribution is 2.28. The number of anilines is 1. The minimum atomic E-state index is -0.303. The molecule has 1 heterocycles. The minimum absolute atomic E-state index is 0.143. The molecule has 0 saturated heterocycles. The van der Waals surface area contributed by atoms with Crippen LogP contribution in [0.15, 0.2) is 64.7 Å². The van der Waals surface area contributed by atoms with Crippen molar-refractivity contribution in [2.45, 2.75) is 38.0 Å². The average Bonchev–Trinajstić information content (AvgIpc) is 3.19. The van der Waals surface area contributed by atoms with Gasteiger partial charge in [-0.15, -0.1) is 16.8 Å². The van der Waals surface area contributed by atoms with Crippen LogP contribution in [0.1, 0.15) is 41.5 Å². The van der Waals surface area contributed by atoms with Gasteiger partial charge in [-0.05, 0) is 41.8 Å². The maximum absolute atomic E-state index is 12.6. The first-order chi connectivity index (χ1) is 16.3. The molecule has 2 aromatic carbocycles. The van der Waals surface area contributed by atoms with Gasteiger partial charge in [0.25, 0.3) is 5.91 Å². The smallest absolute Gasteiger partial charge is 0.253 e. The molecule has 34 heavy (non-hydrogen) atoms. The summed E-state index contributed by atoms with van der Waals surface area (Å²) in [6.07, 6.45) is 1.71. The van der Waals surface area contributed by atoms with E-state index in [1.807, 2.05) is 22.8 Å². The Balaban J connectivity index is 1.64. The van der Waals surface area contributed by atoms with Crippen LogP contribution in [0, 0.1) is 0 Å². The molecule has 0 fully saturated rings. The molecule has 0 aliphatic carbocycles. The van der Waals surface area contributed by atoms with E-state index in [9.17, 15) is 9.59 Å². The van der Waals surface area contributed by atoms with E-state index in [2.05, 4.69) is 57.2 Å². The van der Waals surface area contributed by atoms with Crippen LogP contribution in [-0.4, -0.2) is 32.3 Å². The maximum atomic E-state index is 12.6. The standard InChI is InChI=1S/C24H25BrClN5O2S/c1-4-11-31-21(13-27-23(33)17-7-5-6-8-19(17)26)29-30-24(31)34-14-22(32)28-20-10-9-16(25)12-18(20)15(2)3/h4-10,12,15H,1,11,13-14H2,2-3H3,(H,27,33)(H,28,32). The van der Waals surface area contributed by atoms with Crippen molar-refractivity contribution in [3.05, 3.63) is 81.6 Å². The molecule has 2 amide bonds. The van der Waals surface area contributed by atoms with E-state index < -0.39 is 0 Å². The van der Waals surface area contributed by atoms with Gasteiger partial charge in [0.1, 0.15) is 0 Å². The Morgan fingerprint density at radius 3 is 2.71 bits per heavy atom. The molecular formula is C24H25BrClN5O2S. The molecule has 2 N–H and O–H groups in total. The lowest BCUT2D eigenvalue weighted by Crippen LogP contribution is -2.25. The third-order valence-electron chi connectivity index (χ3n) is 4.87. The number of amides is 2. The van der Waals surface area contributed by atoms with Crippen molar-refractivity contribution >= 4 is 56.8 Å². The molecule has 0 saturated carbocycles. The highest BCUT2D eigenvalue weighted by Gasteiger charge is 2.17. The SMILES string of the molecule is C=CCn1c(CNC(=O)c2ccccc2Cl)nnc1SCC(=O)Nc1ccc(Br)cc1C(C)C. The van der Waals surface area contributed by atoms with Crippen molar-refractivity contribution in [1.82, 2.24) is 20.1 Å². The molecule has 0 unspecified atom stereocenters. The van der Waals surface area contributed by atoms with Gasteiger partial charge >= 0.3 is 0 Å². The maximum Gasteiger partial charge on any atom is 0.253 e. The van der Waals surface area contributed by atoms with Crippen LogP contribution in [0.5, 0.6) is 0 Å². The molecule has 7 nitrogen and oxygen atoms in total. The van der Waals surface area contributed by atoms with Crippen LogP contribution < -0.4 is 10.6 Å². The van der Waals surface area contributed by atoms with Crippen molar-refractivity contribution < 1.29 is 9.59 Å². The molecule has 3 aromatic rings. The summed E-state index contributed by atoms with van der Waals surface area (Å²) >= 11 is 10.9. The Labute approximate surface area is 216 Å². The van der Waals surface area contributed by atoms with Gasteiger partial charge in [-0.1, -0.05) is 71.3 Å². The predicted octanol–water partition coefficient (Wildman–Crippen LogP) is 5.66. The van der Waals surface area contributed by atoms with E-state index in [1.54, 1.807) is 30.3 Å².